The third-order valence-corrected chi connectivity index (χ3v) is 6.25. The SMILES string of the molecule is CCC1CCC(CNC2CS(=O)(=O)CC2O)CC1. The molecule has 0 aromatic carbocycles. The van der Waals surface area contributed by atoms with Gasteiger partial charge in [-0.05, 0) is 31.2 Å². The normalized spacial score (nSPS) is 39.9. The first-order valence-corrected chi connectivity index (χ1v) is 8.94. The van der Waals surface area contributed by atoms with Gasteiger partial charge in [0.15, 0.2) is 9.84 Å². The molecule has 2 N–H and O–H groups in total. The molecule has 0 spiro atoms. The zero-order valence-corrected chi connectivity index (χ0v) is 12.0. The maximum absolute atomic E-state index is 11.4. The van der Waals surface area contributed by atoms with Crippen LogP contribution in [-0.4, -0.2) is 43.7 Å². The third kappa shape index (κ3) is 3.68. The quantitative estimate of drug-likeness (QED) is 0.802. The maximum Gasteiger partial charge on any atom is 0.154 e. The van der Waals surface area contributed by atoms with E-state index in [1.54, 1.807) is 0 Å². The lowest BCUT2D eigenvalue weighted by atomic mass is 9.81. The zero-order chi connectivity index (χ0) is 13.2. The maximum atomic E-state index is 11.4. The van der Waals surface area contributed by atoms with Crippen LogP contribution in [-0.2, 0) is 9.84 Å². The Labute approximate surface area is 110 Å². The van der Waals surface area contributed by atoms with Gasteiger partial charge in [-0.3, -0.25) is 0 Å². The standard InChI is InChI=1S/C13H25NO3S/c1-2-10-3-5-11(6-4-10)7-14-12-8-18(16,17)9-13(12)15/h10-15H,2-9H2,1H3. The topological polar surface area (TPSA) is 66.4 Å². The van der Waals surface area contributed by atoms with Crippen molar-refractivity contribution >= 4 is 9.84 Å². The molecule has 2 rings (SSSR count). The van der Waals surface area contributed by atoms with Gasteiger partial charge in [0.05, 0.1) is 17.6 Å². The van der Waals surface area contributed by atoms with Gasteiger partial charge in [-0.2, -0.15) is 0 Å². The van der Waals surface area contributed by atoms with E-state index >= 15 is 0 Å². The largest absolute Gasteiger partial charge is 0.390 e. The molecule has 2 atom stereocenters. The summed E-state index contributed by atoms with van der Waals surface area (Å²) in [6, 6.07) is -0.251. The number of sulfone groups is 1. The van der Waals surface area contributed by atoms with E-state index in [4.69, 9.17) is 0 Å². The molecule has 0 amide bonds. The van der Waals surface area contributed by atoms with Gasteiger partial charge in [-0.1, -0.05) is 26.2 Å². The number of aliphatic hydroxyl groups is 1. The number of aliphatic hydroxyl groups excluding tert-OH is 1. The Hall–Kier alpha value is -0.130. The van der Waals surface area contributed by atoms with Crippen molar-refractivity contribution in [2.45, 2.75) is 51.2 Å². The summed E-state index contributed by atoms with van der Waals surface area (Å²) in [6.45, 7) is 3.11. The van der Waals surface area contributed by atoms with Crippen LogP contribution in [0.4, 0.5) is 0 Å². The number of hydrogen-bond donors (Lipinski definition) is 2. The number of rotatable bonds is 4. The van der Waals surface area contributed by atoms with Gasteiger partial charge in [-0.15, -0.1) is 0 Å². The fourth-order valence-electron chi connectivity index (χ4n) is 3.19. The minimum absolute atomic E-state index is 0.0761. The highest BCUT2D eigenvalue weighted by molar-refractivity contribution is 7.91. The Bertz CT molecular complexity index is 360. The molecule has 18 heavy (non-hydrogen) atoms. The highest BCUT2D eigenvalue weighted by Crippen LogP contribution is 2.30. The molecule has 1 saturated heterocycles. The molecule has 0 aromatic heterocycles. The summed E-state index contributed by atoms with van der Waals surface area (Å²) >= 11 is 0. The molecule has 106 valence electrons. The molecule has 0 aromatic rings. The van der Waals surface area contributed by atoms with Crippen molar-refractivity contribution in [2.24, 2.45) is 11.8 Å². The Morgan fingerprint density at radius 1 is 1.11 bits per heavy atom. The average molecular weight is 275 g/mol. The van der Waals surface area contributed by atoms with Crippen molar-refractivity contribution in [3.8, 4) is 0 Å². The Morgan fingerprint density at radius 3 is 2.22 bits per heavy atom. The summed E-state index contributed by atoms with van der Waals surface area (Å²) in [7, 11) is -3.02. The average Bonchev–Trinajstić information content (AvgIpc) is 2.60. The van der Waals surface area contributed by atoms with E-state index in [0.717, 1.165) is 12.5 Å². The van der Waals surface area contributed by atoms with E-state index in [1.165, 1.54) is 32.1 Å². The highest BCUT2D eigenvalue weighted by Gasteiger charge is 2.36. The molecule has 5 heteroatoms. The molecule has 4 nitrogen and oxygen atoms in total. The molecule has 2 unspecified atom stereocenters. The van der Waals surface area contributed by atoms with E-state index < -0.39 is 15.9 Å². The van der Waals surface area contributed by atoms with Crippen molar-refractivity contribution in [3.05, 3.63) is 0 Å². The molecule has 1 saturated carbocycles. The van der Waals surface area contributed by atoms with Crippen molar-refractivity contribution in [2.75, 3.05) is 18.1 Å². The van der Waals surface area contributed by atoms with Crippen LogP contribution in [0.5, 0.6) is 0 Å². The highest BCUT2D eigenvalue weighted by atomic mass is 32.2. The fourth-order valence-corrected chi connectivity index (χ4v) is 4.96. The second kappa shape index (κ2) is 5.88. The lowest BCUT2D eigenvalue weighted by Crippen LogP contribution is -2.41. The van der Waals surface area contributed by atoms with Crippen LogP contribution >= 0.6 is 0 Å². The van der Waals surface area contributed by atoms with Gasteiger partial charge >= 0.3 is 0 Å². The summed E-state index contributed by atoms with van der Waals surface area (Å²) in [5.41, 5.74) is 0. The molecule has 0 radical (unpaired) electrons. The summed E-state index contributed by atoms with van der Waals surface area (Å²) < 4.78 is 22.8. The van der Waals surface area contributed by atoms with Crippen LogP contribution < -0.4 is 5.32 Å². The van der Waals surface area contributed by atoms with Gasteiger partial charge in [0.2, 0.25) is 0 Å². The smallest absolute Gasteiger partial charge is 0.154 e. The van der Waals surface area contributed by atoms with Crippen LogP contribution in [0.15, 0.2) is 0 Å². The van der Waals surface area contributed by atoms with Crippen molar-refractivity contribution in [1.29, 1.82) is 0 Å². The van der Waals surface area contributed by atoms with E-state index in [-0.39, 0.29) is 17.5 Å². The minimum atomic E-state index is -3.02. The van der Waals surface area contributed by atoms with E-state index in [1.807, 2.05) is 0 Å². The monoisotopic (exact) mass is 275 g/mol. The minimum Gasteiger partial charge on any atom is -0.390 e. The van der Waals surface area contributed by atoms with Crippen LogP contribution in [0.3, 0.4) is 0 Å². The molecule has 1 aliphatic heterocycles. The Balaban J connectivity index is 1.73. The molecule has 1 aliphatic carbocycles. The van der Waals surface area contributed by atoms with Crippen molar-refractivity contribution < 1.29 is 13.5 Å². The molecule has 2 fully saturated rings. The second-order valence-electron chi connectivity index (χ2n) is 5.95. The van der Waals surface area contributed by atoms with Gasteiger partial charge < -0.3 is 10.4 Å². The number of nitrogens with one attached hydrogen (secondary N) is 1. The van der Waals surface area contributed by atoms with Crippen LogP contribution in [0, 0.1) is 11.8 Å². The van der Waals surface area contributed by atoms with E-state index in [2.05, 4.69) is 12.2 Å². The van der Waals surface area contributed by atoms with Gasteiger partial charge in [0.1, 0.15) is 0 Å². The molecule has 1 heterocycles. The Morgan fingerprint density at radius 2 is 1.72 bits per heavy atom. The zero-order valence-electron chi connectivity index (χ0n) is 11.1. The molecule has 2 aliphatic rings. The van der Waals surface area contributed by atoms with Crippen LogP contribution in [0.1, 0.15) is 39.0 Å². The number of hydrogen-bond acceptors (Lipinski definition) is 4. The fraction of sp³-hybridized carbons (Fsp3) is 1.00. The summed E-state index contributed by atoms with van der Waals surface area (Å²) in [5.74, 6) is 1.56. The molecular formula is C13H25NO3S. The van der Waals surface area contributed by atoms with Crippen LogP contribution in [0.2, 0.25) is 0 Å². The van der Waals surface area contributed by atoms with E-state index in [0.29, 0.717) is 5.92 Å². The first-order chi connectivity index (χ1) is 8.50. The molecule has 0 bridgehead atoms. The lowest BCUT2D eigenvalue weighted by molar-refractivity contribution is 0.158. The summed E-state index contributed by atoms with van der Waals surface area (Å²) in [6.07, 6.45) is 5.63. The first kappa shape index (κ1) is 14.3. The first-order valence-electron chi connectivity index (χ1n) is 7.12. The third-order valence-electron chi connectivity index (χ3n) is 4.54. The van der Waals surface area contributed by atoms with Gasteiger partial charge in [-0.25, -0.2) is 8.42 Å². The lowest BCUT2D eigenvalue weighted by Gasteiger charge is -2.29. The summed E-state index contributed by atoms with van der Waals surface area (Å²) in [4.78, 5) is 0. The van der Waals surface area contributed by atoms with Crippen molar-refractivity contribution in [1.82, 2.24) is 5.32 Å². The summed E-state index contributed by atoms with van der Waals surface area (Å²) in [5, 5.41) is 13.0. The predicted molar refractivity (Wildman–Crippen MR) is 72.2 cm³/mol. The Kier molecular flexibility index (Phi) is 4.67. The predicted octanol–water partition coefficient (Wildman–Crippen LogP) is 0.950. The van der Waals surface area contributed by atoms with Crippen LogP contribution in [0.25, 0.3) is 0 Å². The van der Waals surface area contributed by atoms with E-state index in [9.17, 15) is 13.5 Å². The van der Waals surface area contributed by atoms with Gasteiger partial charge in [0, 0.05) is 6.04 Å². The molecular weight excluding hydrogens is 250 g/mol. The van der Waals surface area contributed by atoms with Crippen molar-refractivity contribution in [3.63, 3.8) is 0 Å². The second-order valence-corrected chi connectivity index (χ2v) is 8.11. The van der Waals surface area contributed by atoms with Gasteiger partial charge in [0.25, 0.3) is 0 Å².